The lowest BCUT2D eigenvalue weighted by molar-refractivity contribution is 0.475. The van der Waals surface area contributed by atoms with Crippen LogP contribution in [0, 0.1) is 13.8 Å². The number of benzene rings is 2. The van der Waals surface area contributed by atoms with E-state index in [2.05, 4.69) is 18.3 Å². The molecule has 0 bridgehead atoms. The zero-order valence-corrected chi connectivity index (χ0v) is 9.49. The molecule has 2 nitrogen and oxygen atoms in total. The first-order chi connectivity index (χ1) is 7.66. The second-order valence-corrected chi connectivity index (χ2v) is 3.94. The Kier molecular flexibility index (Phi) is 2.82. The summed E-state index contributed by atoms with van der Waals surface area (Å²) in [4.78, 5) is 0. The summed E-state index contributed by atoms with van der Waals surface area (Å²) in [5, 5.41) is 12.7. The summed E-state index contributed by atoms with van der Waals surface area (Å²) in [5.74, 6) is 0.299. The lowest BCUT2D eigenvalue weighted by atomic mass is 10.1. The number of rotatable bonds is 2. The maximum atomic E-state index is 9.33. The minimum absolute atomic E-state index is 0.299. The zero-order valence-electron chi connectivity index (χ0n) is 9.49. The van der Waals surface area contributed by atoms with E-state index < -0.39 is 0 Å². The predicted octanol–water partition coefficient (Wildman–Crippen LogP) is 3.75. The van der Waals surface area contributed by atoms with Crippen molar-refractivity contribution in [3.63, 3.8) is 0 Å². The maximum Gasteiger partial charge on any atom is 0.115 e. The molecule has 0 unspecified atom stereocenters. The van der Waals surface area contributed by atoms with Gasteiger partial charge in [0.05, 0.1) is 0 Å². The molecule has 2 aromatic carbocycles. The van der Waals surface area contributed by atoms with E-state index in [1.54, 1.807) is 12.1 Å². The van der Waals surface area contributed by atoms with Crippen molar-refractivity contribution in [3.05, 3.63) is 53.6 Å². The molecule has 0 aliphatic rings. The second-order valence-electron chi connectivity index (χ2n) is 3.94. The maximum absolute atomic E-state index is 9.33. The van der Waals surface area contributed by atoms with E-state index in [-0.39, 0.29) is 0 Å². The van der Waals surface area contributed by atoms with E-state index in [4.69, 9.17) is 0 Å². The average molecular weight is 213 g/mol. The Labute approximate surface area is 95.6 Å². The molecule has 0 radical (unpaired) electrons. The molecule has 0 saturated carbocycles. The largest absolute Gasteiger partial charge is 0.508 e. The van der Waals surface area contributed by atoms with Crippen molar-refractivity contribution in [3.8, 4) is 5.75 Å². The molecule has 0 amide bonds. The van der Waals surface area contributed by atoms with Crippen molar-refractivity contribution < 1.29 is 5.11 Å². The van der Waals surface area contributed by atoms with Crippen LogP contribution in [0.2, 0.25) is 0 Å². The van der Waals surface area contributed by atoms with Gasteiger partial charge in [-0.15, -0.1) is 0 Å². The van der Waals surface area contributed by atoms with Gasteiger partial charge in [-0.05, 0) is 49.2 Å². The standard InChI is InChI=1S/C14H15NO/c1-10-5-3-4-6-13(10)15-14-8-7-12(16)9-11(14)2/h3-9,15-16H,1-2H3. The number of phenols is 1. The monoisotopic (exact) mass is 213 g/mol. The highest BCUT2D eigenvalue weighted by Crippen LogP contribution is 2.25. The van der Waals surface area contributed by atoms with Gasteiger partial charge in [-0.1, -0.05) is 18.2 Å². The van der Waals surface area contributed by atoms with Gasteiger partial charge in [-0.3, -0.25) is 0 Å². The zero-order chi connectivity index (χ0) is 11.5. The molecule has 2 aromatic rings. The fourth-order valence-corrected chi connectivity index (χ4v) is 1.65. The Morgan fingerprint density at radius 1 is 0.875 bits per heavy atom. The second kappa shape index (κ2) is 4.27. The third kappa shape index (κ3) is 2.16. The Balaban J connectivity index is 2.31. The fraction of sp³-hybridized carbons (Fsp3) is 0.143. The van der Waals surface area contributed by atoms with Crippen LogP contribution in [0.15, 0.2) is 42.5 Å². The molecule has 2 heteroatoms. The summed E-state index contributed by atoms with van der Waals surface area (Å²) < 4.78 is 0. The third-order valence-electron chi connectivity index (χ3n) is 2.62. The molecule has 0 atom stereocenters. The normalized spacial score (nSPS) is 10.1. The molecular weight excluding hydrogens is 198 g/mol. The van der Waals surface area contributed by atoms with Gasteiger partial charge >= 0.3 is 0 Å². The number of para-hydroxylation sites is 1. The first kappa shape index (κ1) is 10.6. The Morgan fingerprint density at radius 2 is 1.56 bits per heavy atom. The molecular formula is C14H15NO. The van der Waals surface area contributed by atoms with Crippen molar-refractivity contribution >= 4 is 11.4 Å². The van der Waals surface area contributed by atoms with Crippen molar-refractivity contribution in [2.45, 2.75) is 13.8 Å². The minimum Gasteiger partial charge on any atom is -0.508 e. The minimum atomic E-state index is 0.299. The molecule has 0 aromatic heterocycles. The van der Waals surface area contributed by atoms with Gasteiger partial charge in [0.15, 0.2) is 0 Å². The average Bonchev–Trinajstić information content (AvgIpc) is 2.25. The molecule has 0 aliphatic carbocycles. The quantitative estimate of drug-likeness (QED) is 0.744. The fourth-order valence-electron chi connectivity index (χ4n) is 1.65. The smallest absolute Gasteiger partial charge is 0.115 e. The van der Waals surface area contributed by atoms with E-state index >= 15 is 0 Å². The number of aromatic hydroxyl groups is 1. The molecule has 0 heterocycles. The molecule has 2 N–H and O–H groups in total. The number of hydrogen-bond acceptors (Lipinski definition) is 2. The number of nitrogens with one attached hydrogen (secondary N) is 1. The molecule has 0 saturated heterocycles. The van der Waals surface area contributed by atoms with E-state index in [1.807, 2.05) is 31.2 Å². The van der Waals surface area contributed by atoms with Crippen LogP contribution in [-0.2, 0) is 0 Å². The summed E-state index contributed by atoms with van der Waals surface area (Å²) in [7, 11) is 0. The number of aryl methyl sites for hydroxylation is 2. The molecule has 16 heavy (non-hydrogen) atoms. The SMILES string of the molecule is Cc1ccccc1Nc1ccc(O)cc1C. The highest BCUT2D eigenvalue weighted by Gasteiger charge is 2.01. The third-order valence-corrected chi connectivity index (χ3v) is 2.62. The van der Waals surface area contributed by atoms with Crippen LogP contribution >= 0.6 is 0 Å². The van der Waals surface area contributed by atoms with E-state index in [0.29, 0.717) is 5.75 Å². The van der Waals surface area contributed by atoms with Crippen molar-refractivity contribution in [1.29, 1.82) is 0 Å². The van der Waals surface area contributed by atoms with Gasteiger partial charge in [0.2, 0.25) is 0 Å². The molecule has 0 aliphatic heterocycles. The topological polar surface area (TPSA) is 32.3 Å². The Morgan fingerprint density at radius 3 is 2.25 bits per heavy atom. The van der Waals surface area contributed by atoms with Gasteiger partial charge in [0.1, 0.15) is 5.75 Å². The molecule has 82 valence electrons. The van der Waals surface area contributed by atoms with Crippen LogP contribution in [0.1, 0.15) is 11.1 Å². The highest BCUT2D eigenvalue weighted by molar-refractivity contribution is 5.66. The summed E-state index contributed by atoms with van der Waals surface area (Å²) >= 11 is 0. The predicted molar refractivity (Wildman–Crippen MR) is 67.3 cm³/mol. The van der Waals surface area contributed by atoms with Crippen LogP contribution < -0.4 is 5.32 Å². The Bertz CT molecular complexity index is 506. The number of anilines is 2. The van der Waals surface area contributed by atoms with Crippen molar-refractivity contribution in [2.75, 3.05) is 5.32 Å². The van der Waals surface area contributed by atoms with Crippen LogP contribution in [0.3, 0.4) is 0 Å². The van der Waals surface area contributed by atoms with Gasteiger partial charge in [0.25, 0.3) is 0 Å². The van der Waals surface area contributed by atoms with Gasteiger partial charge < -0.3 is 10.4 Å². The van der Waals surface area contributed by atoms with Crippen LogP contribution in [-0.4, -0.2) is 5.11 Å². The number of phenolic OH excluding ortho intramolecular Hbond substituents is 1. The molecule has 0 fully saturated rings. The van der Waals surface area contributed by atoms with Crippen LogP contribution in [0.25, 0.3) is 0 Å². The number of hydrogen-bond donors (Lipinski definition) is 2. The van der Waals surface area contributed by atoms with Gasteiger partial charge in [0, 0.05) is 11.4 Å². The highest BCUT2D eigenvalue weighted by atomic mass is 16.3. The van der Waals surface area contributed by atoms with Crippen LogP contribution in [0.4, 0.5) is 11.4 Å². The molecule has 2 rings (SSSR count). The van der Waals surface area contributed by atoms with E-state index in [1.165, 1.54) is 5.56 Å². The summed E-state index contributed by atoms with van der Waals surface area (Å²) in [6.45, 7) is 4.04. The van der Waals surface area contributed by atoms with E-state index in [0.717, 1.165) is 16.9 Å². The molecule has 0 spiro atoms. The van der Waals surface area contributed by atoms with Crippen molar-refractivity contribution in [1.82, 2.24) is 0 Å². The first-order valence-corrected chi connectivity index (χ1v) is 5.29. The Hall–Kier alpha value is -1.96. The summed E-state index contributed by atoms with van der Waals surface area (Å²) in [5.41, 5.74) is 4.35. The first-order valence-electron chi connectivity index (χ1n) is 5.29. The lowest BCUT2D eigenvalue weighted by Crippen LogP contribution is -1.94. The summed E-state index contributed by atoms with van der Waals surface area (Å²) in [6, 6.07) is 13.5. The summed E-state index contributed by atoms with van der Waals surface area (Å²) in [6.07, 6.45) is 0. The lowest BCUT2D eigenvalue weighted by Gasteiger charge is -2.11. The van der Waals surface area contributed by atoms with E-state index in [9.17, 15) is 5.11 Å². The van der Waals surface area contributed by atoms with Crippen LogP contribution in [0.5, 0.6) is 5.75 Å². The van der Waals surface area contributed by atoms with Crippen molar-refractivity contribution in [2.24, 2.45) is 0 Å². The van der Waals surface area contributed by atoms with Gasteiger partial charge in [-0.2, -0.15) is 0 Å². The van der Waals surface area contributed by atoms with Gasteiger partial charge in [-0.25, -0.2) is 0 Å².